The van der Waals surface area contributed by atoms with Crippen LogP contribution < -0.4 is 4.90 Å². The van der Waals surface area contributed by atoms with Gasteiger partial charge in [-0.2, -0.15) is 31.6 Å². The number of carbonyl (C=O) groups is 1. The van der Waals surface area contributed by atoms with Gasteiger partial charge in [0.15, 0.2) is 6.19 Å². The van der Waals surface area contributed by atoms with Crippen LogP contribution in [-0.2, 0) is 23.6 Å². The Morgan fingerprint density at radius 1 is 1.08 bits per heavy atom. The van der Waals surface area contributed by atoms with Crippen molar-refractivity contribution in [3.63, 3.8) is 0 Å². The minimum atomic E-state index is -4.82. The van der Waals surface area contributed by atoms with E-state index in [-0.39, 0.29) is 41.8 Å². The first kappa shape index (κ1) is 29.1. The van der Waals surface area contributed by atoms with Gasteiger partial charge in [-0.25, -0.2) is 9.18 Å². The number of fused-ring (bicyclic) bond motifs is 1. The summed E-state index contributed by atoms with van der Waals surface area (Å²) in [7, 11) is 0. The molecular formula is C26H26F7N3O2. The lowest BCUT2D eigenvalue weighted by molar-refractivity contribution is -0.138. The first-order chi connectivity index (χ1) is 17.4. The van der Waals surface area contributed by atoms with Crippen molar-refractivity contribution in [3.05, 3.63) is 64.0 Å². The van der Waals surface area contributed by atoms with Crippen LogP contribution in [0.1, 0.15) is 67.5 Å². The fourth-order valence-corrected chi connectivity index (χ4v) is 4.39. The molecule has 0 saturated carbocycles. The molecule has 0 aromatic heterocycles. The van der Waals surface area contributed by atoms with E-state index in [2.05, 4.69) is 0 Å². The van der Waals surface area contributed by atoms with E-state index in [4.69, 9.17) is 4.74 Å². The topological polar surface area (TPSA) is 56.6 Å². The molecule has 2 aromatic rings. The summed E-state index contributed by atoms with van der Waals surface area (Å²) in [5.74, 6) is -1.14. The van der Waals surface area contributed by atoms with Crippen LogP contribution in [-0.4, -0.2) is 23.1 Å². The number of hydrogen-bond donors (Lipinski definition) is 0. The molecule has 38 heavy (non-hydrogen) atoms. The predicted molar refractivity (Wildman–Crippen MR) is 124 cm³/mol. The molecule has 0 saturated heterocycles. The van der Waals surface area contributed by atoms with Crippen LogP contribution in [0.15, 0.2) is 30.3 Å². The quantitative estimate of drug-likeness (QED) is 0.225. The summed E-state index contributed by atoms with van der Waals surface area (Å²) in [6.07, 6.45) is -8.11. The Kier molecular flexibility index (Phi) is 7.91. The number of benzene rings is 2. The van der Waals surface area contributed by atoms with Gasteiger partial charge in [0, 0.05) is 6.54 Å². The van der Waals surface area contributed by atoms with Gasteiger partial charge >= 0.3 is 18.4 Å². The maximum atomic E-state index is 14.0. The van der Waals surface area contributed by atoms with Gasteiger partial charge in [0.25, 0.3) is 0 Å². The number of nitrogens with zero attached hydrogens (tertiary/aromatic N) is 3. The highest BCUT2D eigenvalue weighted by Crippen LogP contribution is 2.43. The van der Waals surface area contributed by atoms with Crippen molar-refractivity contribution in [1.82, 2.24) is 4.90 Å². The smallest absolute Gasteiger partial charge is 0.416 e. The number of rotatable bonds is 3. The number of hydrogen-bond acceptors (Lipinski definition) is 4. The van der Waals surface area contributed by atoms with E-state index < -0.39 is 53.6 Å². The van der Waals surface area contributed by atoms with Gasteiger partial charge in [-0.05, 0) is 81.5 Å². The normalized spacial score (nSPS) is 16.4. The molecule has 0 radical (unpaired) electrons. The van der Waals surface area contributed by atoms with Crippen molar-refractivity contribution in [1.29, 1.82) is 5.26 Å². The molecule has 5 nitrogen and oxygen atoms in total. The third kappa shape index (κ3) is 6.68. The summed E-state index contributed by atoms with van der Waals surface area (Å²) in [5, 5.41) is 9.91. The van der Waals surface area contributed by atoms with Crippen molar-refractivity contribution >= 4 is 11.8 Å². The molecule has 3 rings (SSSR count). The molecule has 1 atom stereocenters. The van der Waals surface area contributed by atoms with Crippen LogP contribution in [0.5, 0.6) is 0 Å². The summed E-state index contributed by atoms with van der Waals surface area (Å²) in [6.45, 7) is 5.60. The minimum absolute atomic E-state index is 0.0176. The molecule has 0 unspecified atom stereocenters. The van der Waals surface area contributed by atoms with Crippen LogP contribution >= 0.6 is 0 Å². The van der Waals surface area contributed by atoms with Gasteiger partial charge in [-0.15, -0.1) is 0 Å². The fourth-order valence-electron chi connectivity index (χ4n) is 4.39. The summed E-state index contributed by atoms with van der Waals surface area (Å²) in [4.78, 5) is 15.1. The predicted octanol–water partition coefficient (Wildman–Crippen LogP) is 7.73. The van der Waals surface area contributed by atoms with E-state index in [9.17, 15) is 40.8 Å². The highest BCUT2D eigenvalue weighted by Gasteiger charge is 2.38. The monoisotopic (exact) mass is 545 g/mol. The van der Waals surface area contributed by atoms with Gasteiger partial charge in [-0.1, -0.05) is 6.07 Å². The van der Waals surface area contributed by atoms with Gasteiger partial charge < -0.3 is 4.74 Å². The van der Waals surface area contributed by atoms with Gasteiger partial charge in [0.1, 0.15) is 11.4 Å². The number of anilines is 1. The Morgan fingerprint density at radius 2 is 1.74 bits per heavy atom. The van der Waals surface area contributed by atoms with Crippen LogP contribution in [0.2, 0.25) is 0 Å². The SMILES string of the molecule is Cc1cc2c(cc1C(F)(F)F)N(C(=O)OC(C)(C)C)CCC[C@@H]2N(C#N)Cc1cc(F)cc(C(F)(F)F)c1. The lowest BCUT2D eigenvalue weighted by Crippen LogP contribution is -2.37. The average molecular weight is 545 g/mol. The number of nitriles is 1. The molecule has 0 N–H and O–H groups in total. The number of amides is 1. The molecule has 0 aliphatic carbocycles. The molecule has 1 aliphatic heterocycles. The minimum Gasteiger partial charge on any atom is -0.443 e. The van der Waals surface area contributed by atoms with Gasteiger partial charge in [0.05, 0.1) is 29.4 Å². The highest BCUT2D eigenvalue weighted by atomic mass is 19.4. The Hall–Kier alpha value is -3.49. The van der Waals surface area contributed by atoms with Crippen LogP contribution in [0, 0.1) is 24.2 Å². The second-order valence-corrected chi connectivity index (χ2v) is 10.1. The molecule has 206 valence electrons. The number of halogens is 7. The van der Waals surface area contributed by atoms with Crippen LogP contribution in [0.3, 0.4) is 0 Å². The maximum absolute atomic E-state index is 14.0. The second-order valence-electron chi connectivity index (χ2n) is 10.1. The van der Waals surface area contributed by atoms with Gasteiger partial charge in [-0.3, -0.25) is 9.80 Å². The van der Waals surface area contributed by atoms with Crippen molar-refractivity contribution in [2.45, 2.75) is 71.1 Å². The average Bonchev–Trinajstić information content (AvgIpc) is 2.93. The fraction of sp³-hybridized carbons (Fsp3) is 0.462. The van der Waals surface area contributed by atoms with E-state index in [1.807, 2.05) is 6.19 Å². The zero-order valence-electron chi connectivity index (χ0n) is 21.1. The van der Waals surface area contributed by atoms with Crippen molar-refractivity contribution in [2.24, 2.45) is 0 Å². The van der Waals surface area contributed by atoms with E-state index >= 15 is 0 Å². The Labute approximate surface area is 215 Å². The zero-order valence-corrected chi connectivity index (χ0v) is 21.1. The van der Waals surface area contributed by atoms with Crippen LogP contribution in [0.25, 0.3) is 0 Å². The number of alkyl halides is 6. The number of aryl methyl sites for hydroxylation is 1. The van der Waals surface area contributed by atoms with Crippen molar-refractivity contribution in [2.75, 3.05) is 11.4 Å². The highest BCUT2D eigenvalue weighted by molar-refractivity contribution is 5.89. The van der Waals surface area contributed by atoms with Crippen molar-refractivity contribution < 1.29 is 40.3 Å². The van der Waals surface area contributed by atoms with E-state index in [0.29, 0.717) is 6.07 Å². The molecule has 1 aliphatic rings. The molecule has 1 heterocycles. The molecule has 0 bridgehead atoms. The van der Waals surface area contributed by atoms with E-state index in [1.165, 1.54) is 13.0 Å². The lowest BCUT2D eigenvalue weighted by atomic mass is 9.94. The zero-order chi connectivity index (χ0) is 28.6. The molecule has 12 heteroatoms. The Balaban J connectivity index is 2.12. The first-order valence-electron chi connectivity index (χ1n) is 11.7. The summed E-state index contributed by atoms with van der Waals surface area (Å²) in [5.41, 5.74) is -3.36. The second kappa shape index (κ2) is 10.3. The first-order valence-corrected chi connectivity index (χ1v) is 11.7. The summed E-state index contributed by atoms with van der Waals surface area (Å²) in [6, 6.07) is 3.07. The number of ether oxygens (including phenoxy) is 1. The van der Waals surface area contributed by atoms with Gasteiger partial charge in [0.2, 0.25) is 0 Å². The number of carbonyl (C=O) groups excluding carboxylic acids is 1. The molecule has 1 amide bonds. The Morgan fingerprint density at radius 3 is 2.29 bits per heavy atom. The summed E-state index contributed by atoms with van der Waals surface area (Å²) < 4.78 is 100. The standard InChI is InChI=1S/C26H26F7N3O2/c1-15-8-19-21(35(14-34)13-16-9-17(25(28,29)30)11-18(27)10-16)6-5-7-36(23(37)38-24(2,3)4)22(19)12-20(15)26(31,32)33/h8-12,21H,5-7,13H2,1-4H3/t21-/m0/s1. The van der Waals surface area contributed by atoms with Crippen molar-refractivity contribution in [3.8, 4) is 6.19 Å². The van der Waals surface area contributed by atoms with E-state index in [0.717, 1.165) is 28.0 Å². The molecule has 2 aromatic carbocycles. The molecule has 0 fully saturated rings. The third-order valence-corrected chi connectivity index (χ3v) is 5.94. The molecular weight excluding hydrogens is 519 g/mol. The van der Waals surface area contributed by atoms with Crippen LogP contribution in [0.4, 0.5) is 41.2 Å². The summed E-state index contributed by atoms with van der Waals surface area (Å²) >= 11 is 0. The largest absolute Gasteiger partial charge is 0.443 e. The lowest BCUT2D eigenvalue weighted by Gasteiger charge is -2.31. The van der Waals surface area contributed by atoms with E-state index in [1.54, 1.807) is 20.8 Å². The third-order valence-electron chi connectivity index (χ3n) is 5.94. The molecule has 0 spiro atoms. The Bertz CT molecular complexity index is 1240. The maximum Gasteiger partial charge on any atom is 0.416 e.